The minimum Gasteiger partial charge on any atom is -0.469 e. The molecule has 1 aliphatic heterocycles. The predicted octanol–water partition coefficient (Wildman–Crippen LogP) is 1.63. The summed E-state index contributed by atoms with van der Waals surface area (Å²) in [5, 5.41) is 12.3. The van der Waals surface area contributed by atoms with Gasteiger partial charge in [0.05, 0.1) is 6.26 Å². The molecular weight excluding hydrogens is 294 g/mol. The minimum atomic E-state index is -0.0757. The number of nitrogens with zero attached hydrogens (tertiary/aromatic N) is 2. The molecule has 1 atom stereocenters. The van der Waals surface area contributed by atoms with Crippen molar-refractivity contribution in [1.29, 1.82) is 0 Å². The second-order valence-electron chi connectivity index (χ2n) is 5.90. The highest BCUT2D eigenvalue weighted by atomic mass is 16.3. The number of rotatable bonds is 6. The molecule has 3 heterocycles. The molecular formula is C17H21N3O3. The van der Waals surface area contributed by atoms with Crippen molar-refractivity contribution < 1.29 is 14.3 Å². The van der Waals surface area contributed by atoms with E-state index in [0.717, 1.165) is 18.8 Å². The number of pyridine rings is 1. The Bertz CT molecular complexity index is 609. The molecule has 0 radical (unpaired) electrons. The number of hydrogen-bond acceptors (Lipinski definition) is 4. The topological polar surface area (TPSA) is 78.6 Å². The Morgan fingerprint density at radius 1 is 1.39 bits per heavy atom. The van der Waals surface area contributed by atoms with E-state index in [9.17, 15) is 9.90 Å². The third-order valence-electron chi connectivity index (χ3n) is 4.22. The van der Waals surface area contributed by atoms with Gasteiger partial charge in [0.15, 0.2) is 0 Å². The molecule has 0 saturated carbocycles. The van der Waals surface area contributed by atoms with Gasteiger partial charge in [0, 0.05) is 56.9 Å². The van der Waals surface area contributed by atoms with E-state index in [4.69, 9.17) is 4.42 Å². The third-order valence-corrected chi connectivity index (χ3v) is 4.22. The Morgan fingerprint density at radius 2 is 2.17 bits per heavy atom. The molecule has 1 aliphatic rings. The Labute approximate surface area is 135 Å². The number of amides is 2. The summed E-state index contributed by atoms with van der Waals surface area (Å²) < 4.78 is 5.28. The van der Waals surface area contributed by atoms with E-state index in [2.05, 4.69) is 10.3 Å². The van der Waals surface area contributed by atoms with Crippen LogP contribution in [0.2, 0.25) is 0 Å². The molecule has 6 heteroatoms. The lowest BCUT2D eigenvalue weighted by Gasteiger charge is -2.39. The van der Waals surface area contributed by atoms with Crippen LogP contribution in [0.25, 0.3) is 0 Å². The molecule has 1 saturated heterocycles. The molecule has 3 rings (SSSR count). The standard InChI is InChI=1S/C17H21N3O3/c21-12-13(8-16-2-1-7-23-16)9-19-17(22)20-10-15(11-20)14-3-5-18-6-4-14/h1-7,13,15,21H,8-12H2,(H,19,22)/t13-/m1/s1. The van der Waals surface area contributed by atoms with Crippen LogP contribution in [0.4, 0.5) is 4.79 Å². The molecule has 2 aromatic rings. The van der Waals surface area contributed by atoms with Gasteiger partial charge < -0.3 is 19.7 Å². The maximum absolute atomic E-state index is 12.1. The Kier molecular flexibility index (Phi) is 4.92. The number of aromatic nitrogens is 1. The number of aliphatic hydroxyl groups excluding tert-OH is 1. The molecule has 0 bridgehead atoms. The van der Waals surface area contributed by atoms with E-state index >= 15 is 0 Å². The van der Waals surface area contributed by atoms with E-state index in [1.165, 1.54) is 5.56 Å². The van der Waals surface area contributed by atoms with Gasteiger partial charge in [0.1, 0.15) is 5.76 Å². The number of likely N-dealkylation sites (tertiary alicyclic amines) is 1. The zero-order valence-electron chi connectivity index (χ0n) is 12.9. The largest absolute Gasteiger partial charge is 0.469 e. The molecule has 0 unspecified atom stereocenters. The first-order chi connectivity index (χ1) is 11.3. The highest BCUT2D eigenvalue weighted by Crippen LogP contribution is 2.26. The number of aliphatic hydroxyl groups is 1. The number of carbonyl (C=O) groups is 1. The molecule has 1 fully saturated rings. The van der Waals surface area contributed by atoms with E-state index < -0.39 is 0 Å². The lowest BCUT2D eigenvalue weighted by atomic mass is 9.93. The number of carbonyl (C=O) groups excluding carboxylic acids is 1. The fraction of sp³-hybridized carbons (Fsp3) is 0.412. The summed E-state index contributed by atoms with van der Waals surface area (Å²) in [6.45, 7) is 1.89. The first-order valence-electron chi connectivity index (χ1n) is 7.82. The maximum Gasteiger partial charge on any atom is 0.317 e. The van der Waals surface area contributed by atoms with Gasteiger partial charge in [-0.05, 0) is 29.8 Å². The normalized spacial score (nSPS) is 16.0. The monoisotopic (exact) mass is 315 g/mol. The highest BCUT2D eigenvalue weighted by Gasteiger charge is 2.31. The second-order valence-corrected chi connectivity index (χ2v) is 5.90. The molecule has 2 amide bonds. The van der Waals surface area contributed by atoms with Crippen LogP contribution >= 0.6 is 0 Å². The van der Waals surface area contributed by atoms with E-state index in [-0.39, 0.29) is 18.6 Å². The molecule has 0 spiro atoms. The average Bonchev–Trinajstić information content (AvgIpc) is 3.04. The maximum atomic E-state index is 12.1. The van der Waals surface area contributed by atoms with E-state index in [0.29, 0.717) is 18.9 Å². The lowest BCUT2D eigenvalue weighted by molar-refractivity contribution is 0.146. The fourth-order valence-corrected chi connectivity index (χ4v) is 2.75. The van der Waals surface area contributed by atoms with Gasteiger partial charge in [-0.1, -0.05) is 0 Å². The first kappa shape index (κ1) is 15.6. The van der Waals surface area contributed by atoms with Crippen molar-refractivity contribution in [2.24, 2.45) is 5.92 Å². The van der Waals surface area contributed by atoms with E-state index in [1.54, 1.807) is 23.6 Å². The van der Waals surface area contributed by atoms with Gasteiger partial charge in [-0.3, -0.25) is 4.98 Å². The summed E-state index contributed by atoms with van der Waals surface area (Å²) in [6, 6.07) is 7.60. The van der Waals surface area contributed by atoms with E-state index in [1.807, 2.05) is 24.3 Å². The van der Waals surface area contributed by atoms with Gasteiger partial charge >= 0.3 is 6.03 Å². The fourth-order valence-electron chi connectivity index (χ4n) is 2.75. The SMILES string of the molecule is O=C(NC[C@H](CO)Cc1ccco1)N1CC(c2ccncc2)C1. The predicted molar refractivity (Wildman–Crippen MR) is 84.9 cm³/mol. The number of nitrogens with one attached hydrogen (secondary N) is 1. The summed E-state index contributed by atoms with van der Waals surface area (Å²) >= 11 is 0. The van der Waals surface area contributed by atoms with Crippen LogP contribution in [-0.4, -0.2) is 47.3 Å². The molecule has 122 valence electrons. The van der Waals surface area contributed by atoms with Gasteiger partial charge in [-0.15, -0.1) is 0 Å². The Balaban J connectivity index is 1.41. The summed E-state index contributed by atoms with van der Waals surface area (Å²) in [4.78, 5) is 17.9. The summed E-state index contributed by atoms with van der Waals surface area (Å²) in [6.07, 6.45) is 5.78. The van der Waals surface area contributed by atoms with Crippen LogP contribution in [0.3, 0.4) is 0 Å². The molecule has 23 heavy (non-hydrogen) atoms. The first-order valence-corrected chi connectivity index (χ1v) is 7.82. The smallest absolute Gasteiger partial charge is 0.317 e. The van der Waals surface area contributed by atoms with Crippen molar-refractivity contribution in [2.75, 3.05) is 26.2 Å². The third kappa shape index (κ3) is 3.90. The van der Waals surface area contributed by atoms with Gasteiger partial charge in [-0.25, -0.2) is 4.79 Å². The average molecular weight is 315 g/mol. The van der Waals surface area contributed by atoms with Crippen LogP contribution in [0.15, 0.2) is 47.3 Å². The van der Waals surface area contributed by atoms with Crippen molar-refractivity contribution in [3.63, 3.8) is 0 Å². The zero-order valence-corrected chi connectivity index (χ0v) is 12.9. The quantitative estimate of drug-likeness (QED) is 0.849. The number of furan rings is 1. The molecule has 0 aromatic carbocycles. The van der Waals surface area contributed by atoms with Crippen molar-refractivity contribution >= 4 is 6.03 Å². The Hall–Kier alpha value is -2.34. The van der Waals surface area contributed by atoms with Crippen molar-refractivity contribution in [3.8, 4) is 0 Å². The minimum absolute atomic E-state index is 0.0145. The summed E-state index contributed by atoms with van der Waals surface area (Å²) in [5.74, 6) is 1.17. The van der Waals surface area contributed by atoms with Crippen LogP contribution < -0.4 is 5.32 Å². The van der Waals surface area contributed by atoms with Gasteiger partial charge in [0.2, 0.25) is 0 Å². The van der Waals surface area contributed by atoms with Crippen molar-refractivity contribution in [2.45, 2.75) is 12.3 Å². The van der Waals surface area contributed by atoms with Crippen molar-refractivity contribution in [3.05, 3.63) is 54.2 Å². The zero-order chi connectivity index (χ0) is 16.1. The lowest BCUT2D eigenvalue weighted by Crippen LogP contribution is -2.53. The van der Waals surface area contributed by atoms with Gasteiger partial charge in [0.25, 0.3) is 0 Å². The number of urea groups is 1. The molecule has 6 nitrogen and oxygen atoms in total. The van der Waals surface area contributed by atoms with Crippen molar-refractivity contribution in [1.82, 2.24) is 15.2 Å². The summed E-state index contributed by atoms with van der Waals surface area (Å²) in [5.41, 5.74) is 1.22. The Morgan fingerprint density at radius 3 is 2.83 bits per heavy atom. The van der Waals surface area contributed by atoms with Gasteiger partial charge in [-0.2, -0.15) is 0 Å². The van der Waals surface area contributed by atoms with Crippen LogP contribution in [-0.2, 0) is 6.42 Å². The van der Waals surface area contributed by atoms with Crippen LogP contribution in [0.5, 0.6) is 0 Å². The summed E-state index contributed by atoms with van der Waals surface area (Å²) in [7, 11) is 0. The van der Waals surface area contributed by atoms with Crippen LogP contribution in [0.1, 0.15) is 17.2 Å². The second kappa shape index (κ2) is 7.28. The highest BCUT2D eigenvalue weighted by molar-refractivity contribution is 5.75. The van der Waals surface area contributed by atoms with Crippen LogP contribution in [0, 0.1) is 5.92 Å². The molecule has 2 N–H and O–H groups in total. The molecule has 2 aromatic heterocycles. The number of hydrogen-bond donors (Lipinski definition) is 2. The molecule has 0 aliphatic carbocycles.